The Labute approximate surface area is 145 Å². The first-order chi connectivity index (χ1) is 11.5. The third kappa shape index (κ3) is 3.90. The van der Waals surface area contributed by atoms with E-state index >= 15 is 0 Å². The van der Waals surface area contributed by atoms with Crippen LogP contribution in [-0.4, -0.2) is 40.6 Å². The third-order valence-corrected chi connectivity index (χ3v) is 5.13. The molecule has 5 heteroatoms. The molecule has 2 aromatic heterocycles. The Hall–Kier alpha value is -1.59. The summed E-state index contributed by atoms with van der Waals surface area (Å²) in [6.07, 6.45) is 9.92. The Kier molecular flexibility index (Phi) is 5.41. The zero-order valence-corrected chi connectivity index (χ0v) is 15.3. The van der Waals surface area contributed by atoms with Crippen LogP contribution in [0.1, 0.15) is 49.9 Å². The Morgan fingerprint density at radius 2 is 2.12 bits per heavy atom. The van der Waals surface area contributed by atoms with E-state index in [1.54, 1.807) is 6.26 Å². The maximum Gasteiger partial charge on any atom is 0.0950 e. The second-order valence-electron chi connectivity index (χ2n) is 7.61. The van der Waals surface area contributed by atoms with Crippen molar-refractivity contribution in [1.82, 2.24) is 19.8 Å². The number of furan rings is 1. The highest BCUT2D eigenvalue weighted by Crippen LogP contribution is 2.30. The molecular formula is C19H30N4O. The average Bonchev–Trinajstić information content (AvgIpc) is 3.24. The van der Waals surface area contributed by atoms with Gasteiger partial charge in [-0.1, -0.05) is 13.8 Å². The largest absolute Gasteiger partial charge is 0.472 e. The van der Waals surface area contributed by atoms with E-state index in [1.165, 1.54) is 17.7 Å². The van der Waals surface area contributed by atoms with E-state index in [1.807, 2.05) is 18.8 Å². The van der Waals surface area contributed by atoms with E-state index in [0.717, 1.165) is 19.5 Å². The highest BCUT2D eigenvalue weighted by molar-refractivity contribution is 5.17. The van der Waals surface area contributed by atoms with Crippen molar-refractivity contribution in [3.63, 3.8) is 0 Å². The van der Waals surface area contributed by atoms with Crippen LogP contribution in [0.15, 0.2) is 35.5 Å². The molecule has 0 spiro atoms. The van der Waals surface area contributed by atoms with Gasteiger partial charge in [-0.15, -0.1) is 0 Å². The molecule has 2 aromatic rings. The SMILES string of the molecule is CC(C)CCC(N[C@@H]1CN(C)C[C@H]1c1cncn1C)c1ccoc1. The zero-order valence-electron chi connectivity index (χ0n) is 15.3. The number of imidazole rings is 1. The molecule has 0 saturated carbocycles. The van der Waals surface area contributed by atoms with Gasteiger partial charge in [-0.3, -0.25) is 0 Å². The molecule has 1 saturated heterocycles. The maximum absolute atomic E-state index is 5.34. The van der Waals surface area contributed by atoms with Crippen molar-refractivity contribution < 1.29 is 4.42 Å². The van der Waals surface area contributed by atoms with Crippen LogP contribution < -0.4 is 5.32 Å². The van der Waals surface area contributed by atoms with Gasteiger partial charge in [0, 0.05) is 55.6 Å². The summed E-state index contributed by atoms with van der Waals surface area (Å²) in [5, 5.41) is 3.93. The lowest BCUT2D eigenvalue weighted by Gasteiger charge is -2.27. The standard InChI is InChI=1S/C19H30N4O/c1-14(2)5-6-17(15-7-8-24-12-15)21-18-11-22(3)10-16(18)19-9-20-13-23(19)4/h7-9,12-14,16-18,21H,5-6,10-11H2,1-4H3/t16-,17?,18-/m1/s1. The van der Waals surface area contributed by atoms with Crippen molar-refractivity contribution in [2.45, 2.75) is 44.7 Å². The summed E-state index contributed by atoms with van der Waals surface area (Å²) in [4.78, 5) is 6.72. The van der Waals surface area contributed by atoms with Crippen molar-refractivity contribution in [1.29, 1.82) is 0 Å². The van der Waals surface area contributed by atoms with Crippen molar-refractivity contribution in [2.24, 2.45) is 13.0 Å². The molecule has 1 aliphatic heterocycles. The molecule has 132 valence electrons. The number of rotatable bonds is 7. The van der Waals surface area contributed by atoms with Crippen LogP contribution in [-0.2, 0) is 7.05 Å². The second-order valence-corrected chi connectivity index (χ2v) is 7.61. The van der Waals surface area contributed by atoms with Crippen molar-refractivity contribution >= 4 is 0 Å². The fourth-order valence-electron chi connectivity index (χ4n) is 3.77. The normalized spacial score (nSPS) is 23.2. The average molecular weight is 330 g/mol. The van der Waals surface area contributed by atoms with Gasteiger partial charge in [0.15, 0.2) is 0 Å². The molecule has 3 heterocycles. The molecule has 0 aromatic carbocycles. The summed E-state index contributed by atoms with van der Waals surface area (Å²) < 4.78 is 7.49. The number of hydrogen-bond acceptors (Lipinski definition) is 4. The van der Waals surface area contributed by atoms with E-state index in [-0.39, 0.29) is 0 Å². The van der Waals surface area contributed by atoms with E-state index in [4.69, 9.17) is 4.42 Å². The molecule has 3 atom stereocenters. The van der Waals surface area contributed by atoms with E-state index in [9.17, 15) is 0 Å². The molecule has 3 rings (SSSR count). The van der Waals surface area contributed by atoms with Crippen molar-refractivity contribution in [2.75, 3.05) is 20.1 Å². The summed E-state index contributed by atoms with van der Waals surface area (Å²) in [6, 6.07) is 2.87. The van der Waals surface area contributed by atoms with Gasteiger partial charge in [0.2, 0.25) is 0 Å². The summed E-state index contributed by atoms with van der Waals surface area (Å²) >= 11 is 0. The monoisotopic (exact) mass is 330 g/mol. The van der Waals surface area contributed by atoms with Crippen LogP contribution in [0.25, 0.3) is 0 Å². The molecule has 24 heavy (non-hydrogen) atoms. The molecule has 0 radical (unpaired) electrons. The van der Waals surface area contributed by atoms with Gasteiger partial charge in [-0.2, -0.15) is 0 Å². The van der Waals surface area contributed by atoms with Crippen molar-refractivity contribution in [3.05, 3.63) is 42.4 Å². The number of likely N-dealkylation sites (tertiary alicyclic amines) is 1. The first-order valence-electron chi connectivity index (χ1n) is 8.97. The summed E-state index contributed by atoms with van der Waals surface area (Å²) in [6.45, 7) is 6.70. The van der Waals surface area contributed by atoms with Gasteiger partial charge in [0.1, 0.15) is 0 Å². The Morgan fingerprint density at radius 3 is 2.75 bits per heavy atom. The molecule has 1 aliphatic rings. The fourth-order valence-corrected chi connectivity index (χ4v) is 3.77. The van der Waals surface area contributed by atoms with Gasteiger partial charge in [-0.25, -0.2) is 4.98 Å². The van der Waals surface area contributed by atoms with Crippen LogP contribution in [0.2, 0.25) is 0 Å². The van der Waals surface area contributed by atoms with Crippen LogP contribution in [0.4, 0.5) is 0 Å². The smallest absolute Gasteiger partial charge is 0.0950 e. The minimum absolute atomic E-state index is 0.346. The van der Waals surface area contributed by atoms with E-state index < -0.39 is 0 Å². The zero-order chi connectivity index (χ0) is 17.1. The predicted octanol–water partition coefficient (Wildman–Crippen LogP) is 3.18. The fraction of sp³-hybridized carbons (Fsp3) is 0.632. The summed E-state index contributed by atoms with van der Waals surface area (Å²) in [5.74, 6) is 1.18. The first-order valence-corrected chi connectivity index (χ1v) is 8.97. The number of aromatic nitrogens is 2. The lowest BCUT2D eigenvalue weighted by atomic mass is 9.95. The summed E-state index contributed by atoms with van der Waals surface area (Å²) in [5.41, 5.74) is 2.57. The second kappa shape index (κ2) is 7.53. The van der Waals surface area contributed by atoms with Crippen molar-refractivity contribution in [3.8, 4) is 0 Å². The topological polar surface area (TPSA) is 46.2 Å². The van der Waals surface area contributed by atoms with Gasteiger partial charge in [0.25, 0.3) is 0 Å². The number of nitrogens with one attached hydrogen (secondary N) is 1. The predicted molar refractivity (Wildman–Crippen MR) is 95.9 cm³/mol. The van der Waals surface area contributed by atoms with Crippen LogP contribution in [0, 0.1) is 5.92 Å². The Bertz CT molecular complexity index is 619. The van der Waals surface area contributed by atoms with Crippen LogP contribution in [0.5, 0.6) is 0 Å². The van der Waals surface area contributed by atoms with E-state index in [2.05, 4.69) is 53.8 Å². The van der Waals surface area contributed by atoms with Crippen LogP contribution >= 0.6 is 0 Å². The number of hydrogen-bond donors (Lipinski definition) is 1. The third-order valence-electron chi connectivity index (χ3n) is 5.13. The van der Waals surface area contributed by atoms with Gasteiger partial charge in [-0.05, 0) is 31.9 Å². The molecule has 1 fully saturated rings. The Morgan fingerprint density at radius 1 is 1.29 bits per heavy atom. The first kappa shape index (κ1) is 17.2. The van der Waals surface area contributed by atoms with Crippen LogP contribution in [0.3, 0.4) is 0 Å². The summed E-state index contributed by atoms with van der Waals surface area (Å²) in [7, 11) is 4.29. The van der Waals surface area contributed by atoms with Gasteiger partial charge in [0.05, 0.1) is 18.9 Å². The molecular weight excluding hydrogens is 300 g/mol. The van der Waals surface area contributed by atoms with Gasteiger partial charge < -0.3 is 19.2 Å². The van der Waals surface area contributed by atoms with E-state index in [0.29, 0.717) is 23.9 Å². The molecule has 1 N–H and O–H groups in total. The quantitative estimate of drug-likeness (QED) is 0.847. The number of likely N-dealkylation sites (N-methyl/N-ethyl adjacent to an activating group) is 1. The Balaban J connectivity index is 1.76. The lowest BCUT2D eigenvalue weighted by molar-refractivity contribution is 0.359. The van der Waals surface area contributed by atoms with Gasteiger partial charge >= 0.3 is 0 Å². The lowest BCUT2D eigenvalue weighted by Crippen LogP contribution is -2.38. The number of aryl methyl sites for hydroxylation is 1. The minimum atomic E-state index is 0.346. The molecule has 0 amide bonds. The molecule has 0 bridgehead atoms. The number of nitrogens with zero attached hydrogens (tertiary/aromatic N) is 3. The highest BCUT2D eigenvalue weighted by Gasteiger charge is 2.35. The minimum Gasteiger partial charge on any atom is -0.472 e. The molecule has 1 unspecified atom stereocenters. The maximum atomic E-state index is 5.34. The highest BCUT2D eigenvalue weighted by atomic mass is 16.3. The molecule has 0 aliphatic carbocycles. The molecule has 5 nitrogen and oxygen atoms in total.